The zero-order chi connectivity index (χ0) is 19.1. The number of aromatic amines is 1. The van der Waals surface area contributed by atoms with Gasteiger partial charge in [0.2, 0.25) is 5.95 Å². The summed E-state index contributed by atoms with van der Waals surface area (Å²) in [6.45, 7) is 6.05. The van der Waals surface area contributed by atoms with Gasteiger partial charge in [-0.15, -0.1) is 0 Å². The second-order valence-electron chi connectivity index (χ2n) is 5.49. The van der Waals surface area contributed by atoms with E-state index in [2.05, 4.69) is 42.9 Å². The van der Waals surface area contributed by atoms with Crippen molar-refractivity contribution in [1.29, 1.82) is 0 Å². The molecule has 0 aliphatic rings. The molecule has 0 aliphatic heterocycles. The van der Waals surface area contributed by atoms with Crippen molar-refractivity contribution in [2.75, 3.05) is 10.6 Å². The van der Waals surface area contributed by atoms with E-state index in [9.17, 15) is 0 Å². The average molecular weight is 375 g/mol. The predicted molar refractivity (Wildman–Crippen MR) is 102 cm³/mol. The van der Waals surface area contributed by atoms with Gasteiger partial charge in [0.05, 0.1) is 0 Å². The summed E-state index contributed by atoms with van der Waals surface area (Å²) in [5.74, 6) is 2.01. The number of aromatic nitrogens is 4. The van der Waals surface area contributed by atoms with Crippen LogP contribution in [0.15, 0.2) is 36.5 Å². The molecule has 0 saturated heterocycles. The first-order chi connectivity index (χ1) is 12.3. The van der Waals surface area contributed by atoms with Crippen LogP contribution in [0.1, 0.15) is 16.8 Å². The maximum absolute atomic E-state index is 8.81. The van der Waals surface area contributed by atoms with Crippen LogP contribution in [0.25, 0.3) is 0 Å². The van der Waals surface area contributed by atoms with Crippen LogP contribution in [-0.2, 0) is 10.9 Å². The van der Waals surface area contributed by atoms with E-state index >= 15 is 0 Å². The van der Waals surface area contributed by atoms with Crippen molar-refractivity contribution in [2.24, 2.45) is 5.14 Å². The zero-order valence-electron chi connectivity index (χ0n) is 14.6. The summed E-state index contributed by atoms with van der Waals surface area (Å²) in [7, 11) is -2.62. The zero-order valence-corrected chi connectivity index (χ0v) is 15.5. The summed E-state index contributed by atoms with van der Waals surface area (Å²) in [5, 5.41) is 17.6. The number of thiol groups is 1. The summed E-state index contributed by atoms with van der Waals surface area (Å²) in [6.07, 6.45) is 1.71. The number of aryl methyl sites for hydroxylation is 2. The van der Waals surface area contributed by atoms with Crippen molar-refractivity contribution in [3.05, 3.63) is 53.3 Å². The summed E-state index contributed by atoms with van der Waals surface area (Å²) >= 11 is 0. The summed E-state index contributed by atoms with van der Waals surface area (Å²) in [6, 6.07) is 9.89. The minimum absolute atomic E-state index is 0.541. The van der Waals surface area contributed by atoms with Gasteiger partial charge in [0.25, 0.3) is 0 Å². The van der Waals surface area contributed by atoms with Gasteiger partial charge < -0.3 is 10.6 Å². The minimum atomic E-state index is -2.62. The molecule has 5 N–H and O–H groups in total. The van der Waals surface area contributed by atoms with Gasteiger partial charge >= 0.3 is 0 Å². The van der Waals surface area contributed by atoms with Crippen LogP contribution >= 0.6 is 0 Å². The highest BCUT2D eigenvalue weighted by atomic mass is 32.2. The molecule has 9 nitrogen and oxygen atoms in total. The van der Waals surface area contributed by atoms with E-state index in [1.165, 1.54) is 5.56 Å². The van der Waals surface area contributed by atoms with E-state index in [0.717, 1.165) is 22.8 Å². The lowest BCUT2D eigenvalue weighted by Gasteiger charge is -2.07. The van der Waals surface area contributed by atoms with Crippen LogP contribution in [0.4, 0.5) is 23.3 Å². The molecule has 2 heterocycles. The number of anilines is 4. The molecular weight excluding hydrogens is 354 g/mol. The molecule has 0 atom stereocenters. The normalized spacial score (nSPS) is 10.2. The van der Waals surface area contributed by atoms with Crippen molar-refractivity contribution in [3.8, 4) is 0 Å². The number of nitrogens with zero attached hydrogens (tertiary/aromatic N) is 3. The molecule has 0 spiro atoms. The molecule has 10 heteroatoms. The van der Waals surface area contributed by atoms with Crippen molar-refractivity contribution >= 4 is 34.2 Å². The first-order valence-corrected chi connectivity index (χ1v) is 8.94. The molecule has 0 bridgehead atoms. The Morgan fingerprint density at radius 1 is 1.04 bits per heavy atom. The molecular formula is C16H21N7O2S. The van der Waals surface area contributed by atoms with Crippen molar-refractivity contribution in [1.82, 2.24) is 20.2 Å². The summed E-state index contributed by atoms with van der Waals surface area (Å²) < 4.78 is 17.6. The van der Waals surface area contributed by atoms with Crippen molar-refractivity contribution in [2.45, 2.75) is 20.8 Å². The largest absolute Gasteiger partial charge is 0.324 e. The third kappa shape index (κ3) is 5.83. The molecule has 1 aromatic carbocycles. The van der Waals surface area contributed by atoms with E-state index in [1.807, 2.05) is 44.2 Å². The highest BCUT2D eigenvalue weighted by molar-refractivity contribution is 7.69. The van der Waals surface area contributed by atoms with Gasteiger partial charge in [-0.25, -0.2) is 18.5 Å². The smallest absolute Gasteiger partial charge is 0.229 e. The molecule has 0 saturated carbocycles. The first kappa shape index (κ1) is 19.3. The Balaban J connectivity index is 0.000000552. The number of hydrogen-bond acceptors (Lipinski definition) is 7. The standard InChI is InChI=1S/C16H18N6.H3NO2S/c1-10-4-6-13(7-5-10)18-16-17-9-8-14(20-16)19-15-11(2)12(3)21-22-15;1-4(2)3/h4-9H,1-3H3,(H3,17,18,19,20,21,22);4H,(H2,1,2,3). The van der Waals surface area contributed by atoms with Crippen molar-refractivity contribution in [3.63, 3.8) is 0 Å². The quantitative estimate of drug-likeness (QED) is 0.440. The fraction of sp³-hybridized carbons (Fsp3) is 0.188. The van der Waals surface area contributed by atoms with Gasteiger partial charge in [0.15, 0.2) is 16.7 Å². The molecule has 0 radical (unpaired) electrons. The topological polar surface area (TPSA) is 139 Å². The lowest BCUT2D eigenvalue weighted by molar-refractivity contribution is 0.616. The predicted octanol–water partition coefficient (Wildman–Crippen LogP) is 2.08. The fourth-order valence-corrected chi connectivity index (χ4v) is 1.98. The van der Waals surface area contributed by atoms with E-state index in [-0.39, 0.29) is 0 Å². The molecule has 3 aromatic rings. The molecule has 138 valence electrons. The molecule has 0 fully saturated rings. The number of nitrogens with two attached hydrogens (primary N) is 1. The Hall–Kier alpha value is -2.98. The SMILES string of the molecule is Cc1ccc(Nc2nccc(Nc3n[nH]c(C)c3C)n2)cc1.N[SH](=O)=O. The van der Waals surface area contributed by atoms with E-state index < -0.39 is 10.9 Å². The number of nitrogens with one attached hydrogen (secondary N) is 3. The van der Waals surface area contributed by atoms with Crippen LogP contribution in [0.5, 0.6) is 0 Å². The maximum atomic E-state index is 8.81. The molecule has 3 rings (SSSR count). The third-order valence-electron chi connectivity index (χ3n) is 3.46. The molecule has 26 heavy (non-hydrogen) atoms. The van der Waals surface area contributed by atoms with Crippen LogP contribution in [0.2, 0.25) is 0 Å². The van der Waals surface area contributed by atoms with Crippen LogP contribution < -0.4 is 15.8 Å². The van der Waals surface area contributed by atoms with E-state index in [0.29, 0.717) is 11.8 Å². The lowest BCUT2D eigenvalue weighted by Crippen LogP contribution is -2.01. The fourth-order valence-electron chi connectivity index (χ4n) is 1.98. The number of H-pyrrole nitrogens is 1. The lowest BCUT2D eigenvalue weighted by atomic mass is 10.2. The minimum Gasteiger partial charge on any atom is -0.324 e. The van der Waals surface area contributed by atoms with Gasteiger partial charge in [-0.3, -0.25) is 5.10 Å². The highest BCUT2D eigenvalue weighted by Gasteiger charge is 2.07. The summed E-state index contributed by atoms with van der Waals surface area (Å²) in [5.41, 5.74) is 4.28. The van der Waals surface area contributed by atoms with Crippen molar-refractivity contribution < 1.29 is 8.42 Å². The Morgan fingerprint density at radius 2 is 1.69 bits per heavy atom. The van der Waals surface area contributed by atoms with Gasteiger partial charge in [0.1, 0.15) is 5.82 Å². The molecule has 2 aromatic heterocycles. The Kier molecular flexibility index (Phi) is 6.64. The van der Waals surface area contributed by atoms with Crippen LogP contribution in [0.3, 0.4) is 0 Å². The van der Waals surface area contributed by atoms with Gasteiger partial charge in [-0.2, -0.15) is 10.1 Å². The molecule has 0 unspecified atom stereocenters. The Labute approximate surface area is 153 Å². The second-order valence-corrected chi connectivity index (χ2v) is 6.06. The monoisotopic (exact) mass is 375 g/mol. The average Bonchev–Trinajstić information content (AvgIpc) is 2.89. The molecule has 0 amide bonds. The third-order valence-corrected chi connectivity index (χ3v) is 3.46. The van der Waals surface area contributed by atoms with Gasteiger partial charge in [-0.1, -0.05) is 17.7 Å². The second kappa shape index (κ2) is 8.92. The van der Waals surface area contributed by atoms with Gasteiger partial charge in [-0.05, 0) is 39.0 Å². The van der Waals surface area contributed by atoms with Crippen LogP contribution in [-0.4, -0.2) is 28.6 Å². The number of benzene rings is 1. The van der Waals surface area contributed by atoms with E-state index in [4.69, 9.17) is 8.42 Å². The van der Waals surface area contributed by atoms with E-state index in [1.54, 1.807) is 6.20 Å². The Morgan fingerprint density at radius 3 is 2.27 bits per heavy atom. The molecule has 0 aliphatic carbocycles. The number of hydrogen-bond donors (Lipinski definition) is 5. The maximum Gasteiger partial charge on any atom is 0.229 e. The number of rotatable bonds is 4. The first-order valence-electron chi connectivity index (χ1n) is 7.69. The summed E-state index contributed by atoms with van der Waals surface area (Å²) in [4.78, 5) is 8.68. The van der Waals surface area contributed by atoms with Gasteiger partial charge in [0, 0.05) is 23.1 Å². The highest BCUT2D eigenvalue weighted by Crippen LogP contribution is 2.20. The van der Waals surface area contributed by atoms with Crippen LogP contribution in [0, 0.1) is 20.8 Å². The Bertz CT molecular complexity index is 928.